The third-order valence-electron chi connectivity index (χ3n) is 10.9. The van der Waals surface area contributed by atoms with Crippen LogP contribution in [0, 0.1) is 6.92 Å². The zero-order valence-electron chi connectivity index (χ0n) is 36.6. The van der Waals surface area contributed by atoms with Crippen molar-refractivity contribution in [2.24, 2.45) is 0 Å². The van der Waals surface area contributed by atoms with E-state index in [0.29, 0.717) is 79.4 Å². The minimum atomic E-state index is -0.186. The molecule has 9 aromatic carbocycles. The number of benzene rings is 9. The highest BCUT2D eigenvalue weighted by Gasteiger charge is 2.17. The number of methoxy groups -OCH3 is 1. The van der Waals surface area contributed by atoms with E-state index >= 15 is 0 Å². The fraction of sp³-hybridized carbons (Fsp3) is 0.0339. The molecule has 0 aromatic heterocycles. The Hall–Kier alpha value is -9.01. The summed E-state index contributed by atoms with van der Waals surface area (Å²) in [7, 11) is 1.59. The molecular weight excluding hydrogens is 837 g/mol. The summed E-state index contributed by atoms with van der Waals surface area (Å²) in [5, 5.41) is 0. The fourth-order valence-electron chi connectivity index (χ4n) is 7.29. The van der Waals surface area contributed by atoms with Crippen LogP contribution >= 0.6 is 0 Å². The maximum absolute atomic E-state index is 13.8. The molecule has 0 saturated carbocycles. The van der Waals surface area contributed by atoms with Crippen LogP contribution in [0.15, 0.2) is 218 Å². The van der Waals surface area contributed by atoms with Crippen molar-refractivity contribution >= 4 is 17.3 Å². The van der Waals surface area contributed by atoms with Crippen LogP contribution in [0.3, 0.4) is 0 Å². The number of carbonyl (C=O) groups is 3. The van der Waals surface area contributed by atoms with Crippen molar-refractivity contribution in [1.82, 2.24) is 0 Å². The van der Waals surface area contributed by atoms with Gasteiger partial charge in [0.2, 0.25) is 0 Å². The van der Waals surface area contributed by atoms with Gasteiger partial charge in [-0.2, -0.15) is 0 Å². The molecule has 9 aromatic rings. The molecule has 8 nitrogen and oxygen atoms in total. The Morgan fingerprint density at radius 1 is 0.313 bits per heavy atom. The summed E-state index contributed by atoms with van der Waals surface area (Å²) in [6.45, 7) is 1.93. The summed E-state index contributed by atoms with van der Waals surface area (Å²) >= 11 is 0. The average Bonchev–Trinajstić information content (AvgIpc) is 3.38. The topological polar surface area (TPSA) is 97.4 Å². The second kappa shape index (κ2) is 19.8. The van der Waals surface area contributed by atoms with Gasteiger partial charge in [0.25, 0.3) is 0 Å². The van der Waals surface area contributed by atoms with Gasteiger partial charge in [-0.15, -0.1) is 0 Å². The first-order valence-electron chi connectivity index (χ1n) is 21.5. The van der Waals surface area contributed by atoms with Gasteiger partial charge in [-0.05, 0) is 164 Å². The van der Waals surface area contributed by atoms with Crippen LogP contribution in [-0.4, -0.2) is 24.5 Å². The quantitative estimate of drug-likeness (QED) is 0.0885. The molecule has 0 aliphatic rings. The van der Waals surface area contributed by atoms with Gasteiger partial charge >= 0.3 is 0 Å². The molecule has 0 atom stereocenters. The van der Waals surface area contributed by atoms with Crippen LogP contribution < -0.4 is 23.7 Å². The molecule has 0 fully saturated rings. The Labute approximate surface area is 388 Å². The zero-order chi connectivity index (χ0) is 46.1. The molecule has 0 aliphatic carbocycles. The van der Waals surface area contributed by atoms with E-state index in [1.807, 2.05) is 110 Å². The summed E-state index contributed by atoms with van der Waals surface area (Å²) < 4.78 is 29.4. The zero-order valence-corrected chi connectivity index (χ0v) is 36.6. The SMILES string of the molecule is COc1ccc(C(=O)c2ccc(-c3ccc(C(=O)c4ccc(Oc5ccc(Oc6ccc(C)cc6C(=O)c6ccc(Oc7ccc(Oc8ccccc8)cc7)cc6)cc5)cc4)cc3)cc2)cc1. The van der Waals surface area contributed by atoms with Gasteiger partial charge in [-0.1, -0.05) is 78.4 Å². The normalized spacial score (nSPS) is 10.7. The third kappa shape index (κ3) is 10.5. The van der Waals surface area contributed by atoms with Gasteiger partial charge in [0.15, 0.2) is 17.3 Å². The van der Waals surface area contributed by atoms with Crippen molar-refractivity contribution in [1.29, 1.82) is 0 Å². The van der Waals surface area contributed by atoms with Crippen molar-refractivity contribution in [3.05, 3.63) is 257 Å². The summed E-state index contributed by atoms with van der Waals surface area (Å²) in [6, 6.07) is 65.3. The molecule has 0 unspecified atom stereocenters. The molecule has 0 amide bonds. The third-order valence-corrected chi connectivity index (χ3v) is 10.9. The van der Waals surface area contributed by atoms with Gasteiger partial charge < -0.3 is 23.7 Å². The standard InChI is InChI=1S/C59H42O8/c1-39-8-37-56(55(38-39)59(62)46-21-27-50(28-22-46)66-52-31-29-51(30-32-52)64-48-6-4-3-5-7-48)67-54-35-33-53(34-36-54)65-49-25-19-45(20-26-49)58(61)43-15-11-41(12-16-43)40-9-13-42(14-10-40)57(60)44-17-23-47(63-2)24-18-44/h3-38H,1-2H3. The molecule has 0 saturated heterocycles. The van der Waals surface area contributed by atoms with E-state index in [4.69, 9.17) is 23.7 Å². The minimum Gasteiger partial charge on any atom is -0.497 e. The van der Waals surface area contributed by atoms with Crippen LogP contribution in [0.4, 0.5) is 0 Å². The van der Waals surface area contributed by atoms with Crippen LogP contribution in [0.2, 0.25) is 0 Å². The lowest BCUT2D eigenvalue weighted by molar-refractivity contribution is 0.102. The first kappa shape index (κ1) is 43.3. The number of rotatable bonds is 16. The fourth-order valence-corrected chi connectivity index (χ4v) is 7.29. The first-order valence-corrected chi connectivity index (χ1v) is 21.5. The number of aryl methyl sites for hydroxylation is 1. The van der Waals surface area contributed by atoms with Gasteiger partial charge in [0.05, 0.1) is 12.7 Å². The Morgan fingerprint density at radius 3 is 1.01 bits per heavy atom. The minimum absolute atomic E-state index is 0.0702. The maximum Gasteiger partial charge on any atom is 0.196 e. The van der Waals surface area contributed by atoms with Crippen LogP contribution in [0.25, 0.3) is 11.1 Å². The molecule has 0 N–H and O–H groups in total. The number of ether oxygens (including phenoxy) is 5. The van der Waals surface area contributed by atoms with Crippen LogP contribution in [-0.2, 0) is 0 Å². The van der Waals surface area contributed by atoms with Crippen molar-refractivity contribution in [2.75, 3.05) is 7.11 Å². The number of ketones is 3. The van der Waals surface area contributed by atoms with Crippen LogP contribution in [0.5, 0.6) is 51.7 Å². The average molecular weight is 879 g/mol. The monoisotopic (exact) mass is 878 g/mol. The molecule has 9 rings (SSSR count). The Morgan fingerprint density at radius 2 is 0.627 bits per heavy atom. The second-order valence-corrected chi connectivity index (χ2v) is 15.6. The van der Waals surface area contributed by atoms with E-state index in [1.165, 1.54) is 0 Å². The molecule has 67 heavy (non-hydrogen) atoms. The Bertz CT molecular complexity index is 3140. The van der Waals surface area contributed by atoms with Crippen molar-refractivity contribution < 1.29 is 38.1 Å². The van der Waals surface area contributed by atoms with E-state index in [0.717, 1.165) is 22.4 Å². The van der Waals surface area contributed by atoms with Crippen molar-refractivity contribution in [2.45, 2.75) is 6.92 Å². The Kier molecular flexibility index (Phi) is 12.8. The highest BCUT2D eigenvalue weighted by atomic mass is 16.5. The van der Waals surface area contributed by atoms with Crippen molar-refractivity contribution in [3.8, 4) is 62.9 Å². The lowest BCUT2D eigenvalue weighted by atomic mass is 9.97. The van der Waals surface area contributed by atoms with E-state index in [1.54, 1.807) is 122 Å². The summed E-state index contributed by atoms with van der Waals surface area (Å²) in [6.07, 6.45) is 0. The first-order chi connectivity index (χ1) is 32.7. The number of carbonyl (C=O) groups excluding carboxylic acids is 3. The molecule has 0 bridgehead atoms. The van der Waals surface area contributed by atoms with Crippen molar-refractivity contribution in [3.63, 3.8) is 0 Å². The highest BCUT2D eigenvalue weighted by Crippen LogP contribution is 2.33. The molecule has 8 heteroatoms. The number of para-hydroxylation sites is 1. The Balaban J connectivity index is 0.784. The molecule has 0 spiro atoms. The molecule has 326 valence electrons. The van der Waals surface area contributed by atoms with Gasteiger partial charge in [0.1, 0.15) is 51.7 Å². The predicted molar refractivity (Wildman–Crippen MR) is 259 cm³/mol. The van der Waals surface area contributed by atoms with E-state index in [2.05, 4.69) is 0 Å². The summed E-state index contributed by atoms with van der Waals surface area (Å²) in [5.74, 6) is 5.07. The van der Waals surface area contributed by atoms with Crippen LogP contribution in [0.1, 0.15) is 53.3 Å². The van der Waals surface area contributed by atoms with Gasteiger partial charge in [0, 0.05) is 27.8 Å². The maximum atomic E-state index is 13.8. The molecule has 0 radical (unpaired) electrons. The summed E-state index contributed by atoms with van der Waals surface area (Å²) in [4.78, 5) is 40.2. The largest absolute Gasteiger partial charge is 0.497 e. The molecule has 0 heterocycles. The van der Waals surface area contributed by atoms with Gasteiger partial charge in [-0.3, -0.25) is 14.4 Å². The molecular formula is C59H42O8. The predicted octanol–water partition coefficient (Wildman–Crippen LogP) is 14.5. The van der Waals surface area contributed by atoms with E-state index in [-0.39, 0.29) is 17.3 Å². The van der Waals surface area contributed by atoms with Gasteiger partial charge in [-0.25, -0.2) is 0 Å². The number of hydrogen-bond acceptors (Lipinski definition) is 8. The molecule has 0 aliphatic heterocycles. The van der Waals surface area contributed by atoms with E-state index in [9.17, 15) is 14.4 Å². The smallest absolute Gasteiger partial charge is 0.196 e. The number of hydrogen-bond donors (Lipinski definition) is 0. The lowest BCUT2D eigenvalue weighted by Gasteiger charge is -2.13. The van der Waals surface area contributed by atoms with E-state index < -0.39 is 0 Å². The highest BCUT2D eigenvalue weighted by molar-refractivity contribution is 6.11. The lowest BCUT2D eigenvalue weighted by Crippen LogP contribution is -2.04. The second-order valence-electron chi connectivity index (χ2n) is 15.6. The summed E-state index contributed by atoms with van der Waals surface area (Å²) in [5.41, 5.74) is 5.94.